The Balaban J connectivity index is 2.62. The normalized spacial score (nSPS) is 16.3. The van der Waals surface area contributed by atoms with Gasteiger partial charge in [0.15, 0.2) is 0 Å². The molecule has 0 aliphatic heterocycles. The molecule has 0 saturated heterocycles. The molecule has 2 nitrogen and oxygen atoms in total. The van der Waals surface area contributed by atoms with Crippen molar-refractivity contribution < 1.29 is 5.11 Å². The Hall–Kier alpha value is -0.380. The molecule has 0 saturated carbocycles. The number of aliphatic hydroxyl groups excluding tert-OH is 1. The fourth-order valence-corrected chi connectivity index (χ4v) is 1.68. The molecule has 0 fully saturated rings. The fourth-order valence-electron chi connectivity index (χ4n) is 0.864. The number of aliphatic hydroxyl groups is 1. The SMILES string of the molecule is CN[C@@H](C)[C@H](O)c1cccs1. The van der Waals surface area contributed by atoms with Crippen molar-refractivity contribution in [1.82, 2.24) is 5.32 Å². The summed E-state index contributed by atoms with van der Waals surface area (Å²) in [4.78, 5) is 1.02. The van der Waals surface area contributed by atoms with Gasteiger partial charge < -0.3 is 10.4 Å². The molecular weight excluding hydrogens is 158 g/mol. The standard InChI is InChI=1S/C8H13NOS/c1-6(9-2)8(10)7-4-3-5-11-7/h3-6,8-10H,1-2H3/t6-,8-/m0/s1. The number of likely N-dealkylation sites (N-methyl/N-ethyl adjacent to an activating group) is 1. The molecule has 0 bridgehead atoms. The van der Waals surface area contributed by atoms with Gasteiger partial charge in [-0.3, -0.25) is 0 Å². The quantitative estimate of drug-likeness (QED) is 0.720. The number of hydrogen-bond donors (Lipinski definition) is 2. The van der Waals surface area contributed by atoms with Gasteiger partial charge in [-0.1, -0.05) is 6.07 Å². The molecule has 0 amide bonds. The maximum Gasteiger partial charge on any atom is 0.103 e. The molecule has 1 rings (SSSR count). The van der Waals surface area contributed by atoms with Crippen molar-refractivity contribution in [2.75, 3.05) is 7.05 Å². The summed E-state index contributed by atoms with van der Waals surface area (Å²) < 4.78 is 0. The van der Waals surface area contributed by atoms with E-state index in [1.807, 2.05) is 31.5 Å². The smallest absolute Gasteiger partial charge is 0.103 e. The van der Waals surface area contributed by atoms with Crippen LogP contribution in [0.15, 0.2) is 17.5 Å². The van der Waals surface area contributed by atoms with Gasteiger partial charge in [0.05, 0.1) is 0 Å². The molecule has 2 atom stereocenters. The van der Waals surface area contributed by atoms with E-state index in [9.17, 15) is 5.11 Å². The number of nitrogens with one attached hydrogen (secondary N) is 1. The molecular formula is C8H13NOS. The molecule has 0 spiro atoms. The van der Waals surface area contributed by atoms with Crippen LogP contribution in [0.1, 0.15) is 17.9 Å². The molecule has 0 radical (unpaired) electrons. The van der Waals surface area contributed by atoms with E-state index in [4.69, 9.17) is 0 Å². The Morgan fingerprint density at radius 3 is 2.82 bits per heavy atom. The van der Waals surface area contributed by atoms with E-state index in [1.54, 1.807) is 11.3 Å². The Bertz CT molecular complexity index is 198. The van der Waals surface area contributed by atoms with Gasteiger partial charge in [0, 0.05) is 10.9 Å². The Morgan fingerprint density at radius 2 is 2.36 bits per heavy atom. The first-order chi connectivity index (χ1) is 5.25. The van der Waals surface area contributed by atoms with Crippen LogP contribution in [-0.2, 0) is 0 Å². The fraction of sp³-hybridized carbons (Fsp3) is 0.500. The molecule has 1 aromatic heterocycles. The molecule has 0 aliphatic rings. The van der Waals surface area contributed by atoms with E-state index in [2.05, 4.69) is 5.32 Å². The van der Waals surface area contributed by atoms with Crippen molar-refractivity contribution in [2.45, 2.75) is 19.1 Å². The second-order valence-corrected chi connectivity index (χ2v) is 3.52. The van der Waals surface area contributed by atoms with Crippen LogP contribution in [0.5, 0.6) is 0 Å². The van der Waals surface area contributed by atoms with Gasteiger partial charge in [0.25, 0.3) is 0 Å². The Kier molecular flexibility index (Phi) is 3.05. The molecule has 2 N–H and O–H groups in total. The van der Waals surface area contributed by atoms with Crippen LogP contribution in [0.2, 0.25) is 0 Å². The first kappa shape index (κ1) is 8.71. The van der Waals surface area contributed by atoms with E-state index in [-0.39, 0.29) is 12.1 Å². The van der Waals surface area contributed by atoms with Crippen LogP contribution >= 0.6 is 11.3 Å². The molecule has 0 unspecified atom stereocenters. The third kappa shape index (κ3) is 2.02. The minimum Gasteiger partial charge on any atom is -0.386 e. The van der Waals surface area contributed by atoms with Gasteiger partial charge in [-0.2, -0.15) is 0 Å². The second kappa shape index (κ2) is 3.85. The molecule has 1 heterocycles. The van der Waals surface area contributed by atoms with E-state index in [0.717, 1.165) is 4.88 Å². The van der Waals surface area contributed by atoms with Gasteiger partial charge in [-0.25, -0.2) is 0 Å². The van der Waals surface area contributed by atoms with Crippen molar-refractivity contribution in [2.24, 2.45) is 0 Å². The maximum atomic E-state index is 9.63. The lowest BCUT2D eigenvalue weighted by atomic mass is 10.1. The van der Waals surface area contributed by atoms with Crippen LogP contribution in [0.4, 0.5) is 0 Å². The number of rotatable bonds is 3. The summed E-state index contributed by atoms with van der Waals surface area (Å²) in [5, 5.41) is 14.6. The van der Waals surface area contributed by atoms with Gasteiger partial charge in [0.2, 0.25) is 0 Å². The zero-order valence-electron chi connectivity index (χ0n) is 6.74. The number of thiophene rings is 1. The zero-order chi connectivity index (χ0) is 8.27. The molecule has 0 aromatic carbocycles. The van der Waals surface area contributed by atoms with Crippen molar-refractivity contribution in [3.8, 4) is 0 Å². The summed E-state index contributed by atoms with van der Waals surface area (Å²) in [7, 11) is 1.85. The molecule has 0 aliphatic carbocycles. The third-order valence-corrected chi connectivity index (χ3v) is 2.71. The van der Waals surface area contributed by atoms with Gasteiger partial charge in [0.1, 0.15) is 6.10 Å². The predicted molar refractivity (Wildman–Crippen MR) is 47.8 cm³/mol. The lowest BCUT2D eigenvalue weighted by Crippen LogP contribution is -2.28. The van der Waals surface area contributed by atoms with Gasteiger partial charge in [-0.15, -0.1) is 11.3 Å². The predicted octanol–water partition coefficient (Wildman–Crippen LogP) is 1.39. The maximum absolute atomic E-state index is 9.63. The highest BCUT2D eigenvalue weighted by atomic mass is 32.1. The minimum absolute atomic E-state index is 0.119. The first-order valence-electron chi connectivity index (χ1n) is 3.64. The van der Waals surface area contributed by atoms with Crippen LogP contribution in [0, 0.1) is 0 Å². The zero-order valence-corrected chi connectivity index (χ0v) is 7.56. The second-order valence-electron chi connectivity index (χ2n) is 2.54. The minimum atomic E-state index is -0.375. The largest absolute Gasteiger partial charge is 0.386 e. The van der Waals surface area contributed by atoms with Crippen molar-refractivity contribution >= 4 is 11.3 Å². The highest BCUT2D eigenvalue weighted by Gasteiger charge is 2.14. The third-order valence-electron chi connectivity index (χ3n) is 1.76. The highest BCUT2D eigenvalue weighted by Crippen LogP contribution is 2.21. The highest BCUT2D eigenvalue weighted by molar-refractivity contribution is 7.10. The first-order valence-corrected chi connectivity index (χ1v) is 4.52. The van der Waals surface area contributed by atoms with E-state index in [1.165, 1.54) is 0 Å². The van der Waals surface area contributed by atoms with E-state index >= 15 is 0 Å². The van der Waals surface area contributed by atoms with Crippen molar-refractivity contribution in [3.05, 3.63) is 22.4 Å². The summed E-state index contributed by atoms with van der Waals surface area (Å²) in [5.74, 6) is 0. The summed E-state index contributed by atoms with van der Waals surface area (Å²) in [5.41, 5.74) is 0. The summed E-state index contributed by atoms with van der Waals surface area (Å²) in [6.07, 6.45) is -0.375. The van der Waals surface area contributed by atoms with Crippen LogP contribution in [0.3, 0.4) is 0 Å². The van der Waals surface area contributed by atoms with E-state index < -0.39 is 0 Å². The van der Waals surface area contributed by atoms with Crippen LogP contribution in [0.25, 0.3) is 0 Å². The molecule has 3 heteroatoms. The Labute approximate surface area is 70.9 Å². The molecule has 62 valence electrons. The van der Waals surface area contributed by atoms with Crippen molar-refractivity contribution in [3.63, 3.8) is 0 Å². The molecule has 11 heavy (non-hydrogen) atoms. The average molecular weight is 171 g/mol. The van der Waals surface area contributed by atoms with Gasteiger partial charge in [-0.05, 0) is 25.4 Å². The Morgan fingerprint density at radius 1 is 1.64 bits per heavy atom. The summed E-state index contributed by atoms with van der Waals surface area (Å²) >= 11 is 1.58. The van der Waals surface area contributed by atoms with Crippen LogP contribution in [-0.4, -0.2) is 18.2 Å². The van der Waals surface area contributed by atoms with Gasteiger partial charge >= 0.3 is 0 Å². The topological polar surface area (TPSA) is 32.3 Å². The van der Waals surface area contributed by atoms with Crippen LogP contribution < -0.4 is 5.32 Å². The summed E-state index contributed by atoms with van der Waals surface area (Å²) in [6.45, 7) is 1.96. The average Bonchev–Trinajstić information content (AvgIpc) is 2.53. The molecule has 1 aromatic rings. The lowest BCUT2D eigenvalue weighted by Gasteiger charge is -2.16. The van der Waals surface area contributed by atoms with Crippen molar-refractivity contribution in [1.29, 1.82) is 0 Å². The summed E-state index contributed by atoms with van der Waals surface area (Å²) in [6, 6.07) is 4.02. The number of hydrogen-bond acceptors (Lipinski definition) is 3. The monoisotopic (exact) mass is 171 g/mol. The van der Waals surface area contributed by atoms with E-state index in [0.29, 0.717) is 0 Å². The lowest BCUT2D eigenvalue weighted by molar-refractivity contribution is 0.143.